The second kappa shape index (κ2) is 10.1. The van der Waals surface area contributed by atoms with Crippen LogP contribution in [0, 0.1) is 0 Å². The summed E-state index contributed by atoms with van der Waals surface area (Å²) in [5.41, 5.74) is -3.86. The first-order chi connectivity index (χ1) is 17.2. The molecule has 0 bridgehead atoms. The maximum atomic E-state index is 13.1. The topological polar surface area (TPSA) is 63.0 Å². The summed E-state index contributed by atoms with van der Waals surface area (Å²) >= 11 is 0. The molecule has 3 aromatic rings. The molecule has 0 saturated carbocycles. The molecule has 0 atom stereocenters. The Balaban J connectivity index is 1.44. The van der Waals surface area contributed by atoms with Gasteiger partial charge in [0.1, 0.15) is 17.1 Å². The molecule has 3 heterocycles. The van der Waals surface area contributed by atoms with Crippen LogP contribution in [0.25, 0.3) is 22.3 Å². The standard InChI is InChI=1S/C26H29F3N2O4S/c27-26(28,29)36(32,33)35-24-10-9-23-21(17-25(34-23)19-7-3-1-4-8-19)22(24)18-30-15-11-20(12-16-30)31-13-5-2-6-14-31/h1,3-4,7-10,17,20H,2,5-6,11-16,18H2. The van der Waals surface area contributed by atoms with Gasteiger partial charge in [-0.05, 0) is 70.1 Å². The average Bonchev–Trinajstić information content (AvgIpc) is 3.31. The van der Waals surface area contributed by atoms with Gasteiger partial charge < -0.3 is 13.5 Å². The molecule has 0 amide bonds. The molecule has 0 radical (unpaired) electrons. The molecule has 6 nitrogen and oxygen atoms in total. The molecular formula is C26H29F3N2O4S. The van der Waals surface area contributed by atoms with Crippen LogP contribution in [0.1, 0.15) is 37.7 Å². The highest BCUT2D eigenvalue weighted by Gasteiger charge is 2.49. The lowest BCUT2D eigenvalue weighted by Gasteiger charge is -2.40. The fraction of sp³-hybridized carbons (Fsp3) is 0.462. The Hall–Kier alpha value is -2.56. The number of nitrogens with zero attached hydrogens (tertiary/aromatic N) is 2. The van der Waals surface area contributed by atoms with E-state index in [0.717, 1.165) is 44.6 Å². The molecule has 0 N–H and O–H groups in total. The van der Waals surface area contributed by atoms with Crippen molar-refractivity contribution >= 4 is 21.1 Å². The SMILES string of the molecule is O=S(=O)(Oc1ccc2oc(-c3ccccc3)cc2c1CN1CCC(N2CCCCC2)CC1)C(F)(F)F. The zero-order valence-electron chi connectivity index (χ0n) is 19.8. The molecule has 2 fully saturated rings. The smallest absolute Gasteiger partial charge is 0.456 e. The third-order valence-corrected chi connectivity index (χ3v) is 8.12. The van der Waals surface area contributed by atoms with Crippen molar-refractivity contribution in [3.8, 4) is 17.1 Å². The molecule has 0 spiro atoms. The number of piperidine rings is 2. The van der Waals surface area contributed by atoms with E-state index in [2.05, 4.69) is 14.0 Å². The molecule has 2 aromatic carbocycles. The van der Waals surface area contributed by atoms with Crippen molar-refractivity contribution in [2.24, 2.45) is 0 Å². The van der Waals surface area contributed by atoms with Gasteiger partial charge in [-0.3, -0.25) is 4.90 Å². The van der Waals surface area contributed by atoms with Gasteiger partial charge in [-0.1, -0.05) is 36.8 Å². The Labute approximate surface area is 208 Å². The molecule has 5 rings (SSSR count). The molecule has 0 aliphatic carbocycles. The van der Waals surface area contributed by atoms with Gasteiger partial charge in [-0.2, -0.15) is 21.6 Å². The Morgan fingerprint density at radius 2 is 1.64 bits per heavy atom. The number of hydrogen-bond donors (Lipinski definition) is 0. The van der Waals surface area contributed by atoms with Gasteiger partial charge in [-0.15, -0.1) is 0 Å². The highest BCUT2D eigenvalue weighted by molar-refractivity contribution is 7.88. The van der Waals surface area contributed by atoms with E-state index in [0.29, 0.717) is 28.3 Å². The number of furan rings is 1. The quantitative estimate of drug-likeness (QED) is 0.302. The predicted octanol–water partition coefficient (Wildman–Crippen LogP) is 5.78. The van der Waals surface area contributed by atoms with Crippen LogP contribution in [0.15, 0.2) is 52.9 Å². The third-order valence-electron chi connectivity index (χ3n) is 7.16. The zero-order chi connectivity index (χ0) is 25.3. The van der Waals surface area contributed by atoms with Crippen molar-refractivity contribution in [1.29, 1.82) is 0 Å². The van der Waals surface area contributed by atoms with Gasteiger partial charge in [0.15, 0.2) is 0 Å². The number of halogens is 3. The van der Waals surface area contributed by atoms with Crippen LogP contribution >= 0.6 is 0 Å². The third kappa shape index (κ3) is 5.26. The first-order valence-corrected chi connectivity index (χ1v) is 13.7. The maximum Gasteiger partial charge on any atom is 0.534 e. The molecule has 10 heteroatoms. The number of fused-ring (bicyclic) bond motifs is 1. The lowest BCUT2D eigenvalue weighted by atomic mass is 9.99. The molecule has 2 saturated heterocycles. The summed E-state index contributed by atoms with van der Waals surface area (Å²) in [6.45, 7) is 4.04. The van der Waals surface area contributed by atoms with Crippen molar-refractivity contribution < 1.29 is 30.2 Å². The molecule has 0 unspecified atom stereocenters. The molecule has 194 valence electrons. The van der Waals surface area contributed by atoms with Crippen molar-refractivity contribution in [1.82, 2.24) is 9.80 Å². The number of likely N-dealkylation sites (tertiary alicyclic amines) is 2. The molecule has 36 heavy (non-hydrogen) atoms. The monoisotopic (exact) mass is 522 g/mol. The Morgan fingerprint density at radius 1 is 0.944 bits per heavy atom. The summed E-state index contributed by atoms with van der Waals surface area (Å²) in [6.07, 6.45) is 5.65. The van der Waals surface area contributed by atoms with Crippen LogP contribution in [-0.4, -0.2) is 55.9 Å². The summed E-state index contributed by atoms with van der Waals surface area (Å²) in [4.78, 5) is 4.70. The molecule has 1 aromatic heterocycles. The maximum absolute atomic E-state index is 13.1. The van der Waals surface area contributed by atoms with Gasteiger partial charge in [0.2, 0.25) is 0 Å². The highest BCUT2D eigenvalue weighted by Crippen LogP contribution is 2.38. The van der Waals surface area contributed by atoms with E-state index < -0.39 is 15.6 Å². The van der Waals surface area contributed by atoms with Crippen LogP contribution < -0.4 is 4.18 Å². The van der Waals surface area contributed by atoms with Crippen molar-refractivity contribution in [2.75, 3.05) is 26.2 Å². The molecule has 2 aliphatic heterocycles. The van der Waals surface area contributed by atoms with E-state index in [9.17, 15) is 21.6 Å². The molecule has 2 aliphatic rings. The molecular weight excluding hydrogens is 493 g/mol. The van der Waals surface area contributed by atoms with Crippen molar-refractivity contribution in [2.45, 2.75) is 50.2 Å². The summed E-state index contributed by atoms with van der Waals surface area (Å²) in [7, 11) is -5.81. The Bertz CT molecular complexity index is 1290. The minimum absolute atomic E-state index is 0.264. The summed E-state index contributed by atoms with van der Waals surface area (Å²) < 4.78 is 73.7. The van der Waals surface area contributed by atoms with Gasteiger partial charge in [0.25, 0.3) is 0 Å². The van der Waals surface area contributed by atoms with E-state index in [-0.39, 0.29) is 12.3 Å². The number of benzene rings is 2. The van der Waals surface area contributed by atoms with E-state index in [1.807, 2.05) is 30.3 Å². The normalized spacial score (nSPS) is 19.1. The van der Waals surface area contributed by atoms with Gasteiger partial charge in [0.05, 0.1) is 0 Å². The average molecular weight is 523 g/mol. The lowest BCUT2D eigenvalue weighted by Crippen LogP contribution is -2.46. The first-order valence-electron chi connectivity index (χ1n) is 12.3. The van der Waals surface area contributed by atoms with Crippen LogP contribution in [0.5, 0.6) is 5.75 Å². The summed E-state index contributed by atoms with van der Waals surface area (Å²) in [6, 6.07) is 14.3. The number of rotatable bonds is 6. The second-order valence-corrected chi connectivity index (χ2v) is 11.1. The zero-order valence-corrected chi connectivity index (χ0v) is 20.7. The minimum atomic E-state index is -5.81. The Morgan fingerprint density at radius 3 is 2.31 bits per heavy atom. The Kier molecular flexibility index (Phi) is 7.02. The minimum Gasteiger partial charge on any atom is -0.456 e. The fourth-order valence-electron chi connectivity index (χ4n) is 5.25. The van der Waals surface area contributed by atoms with Gasteiger partial charge in [-0.25, -0.2) is 0 Å². The van der Waals surface area contributed by atoms with Crippen LogP contribution in [0.2, 0.25) is 0 Å². The first kappa shape index (κ1) is 25.1. The highest BCUT2D eigenvalue weighted by atomic mass is 32.2. The largest absolute Gasteiger partial charge is 0.534 e. The van der Waals surface area contributed by atoms with Gasteiger partial charge >= 0.3 is 15.6 Å². The van der Waals surface area contributed by atoms with Crippen LogP contribution in [0.3, 0.4) is 0 Å². The summed E-state index contributed by atoms with van der Waals surface area (Å²) in [5.74, 6) is 0.227. The van der Waals surface area contributed by atoms with E-state index in [4.69, 9.17) is 4.42 Å². The second-order valence-electron chi connectivity index (χ2n) is 9.52. The van der Waals surface area contributed by atoms with Crippen molar-refractivity contribution in [3.63, 3.8) is 0 Å². The lowest BCUT2D eigenvalue weighted by molar-refractivity contribution is -0.0500. The number of alkyl halides is 3. The van der Waals surface area contributed by atoms with Gasteiger partial charge in [0, 0.05) is 29.1 Å². The summed E-state index contributed by atoms with van der Waals surface area (Å²) in [5, 5.41) is 0.543. The van der Waals surface area contributed by atoms with E-state index >= 15 is 0 Å². The van der Waals surface area contributed by atoms with E-state index in [1.54, 1.807) is 6.07 Å². The fourth-order valence-corrected chi connectivity index (χ4v) is 5.74. The van der Waals surface area contributed by atoms with Crippen LogP contribution in [-0.2, 0) is 16.7 Å². The number of hydrogen-bond acceptors (Lipinski definition) is 6. The van der Waals surface area contributed by atoms with Crippen molar-refractivity contribution in [3.05, 3.63) is 54.1 Å². The van der Waals surface area contributed by atoms with E-state index in [1.165, 1.54) is 31.4 Å². The van der Waals surface area contributed by atoms with Crippen LogP contribution in [0.4, 0.5) is 13.2 Å². The predicted molar refractivity (Wildman–Crippen MR) is 131 cm³/mol.